The lowest BCUT2D eigenvalue weighted by molar-refractivity contribution is 0.247. The predicted octanol–water partition coefficient (Wildman–Crippen LogP) is 3.22. The number of fused-ring (bicyclic) bond motifs is 1. The minimum absolute atomic E-state index is 0.279. The van der Waals surface area contributed by atoms with Gasteiger partial charge in [0.15, 0.2) is 11.5 Å². The fourth-order valence-corrected chi connectivity index (χ4v) is 3.06. The maximum Gasteiger partial charge on any atom is 0.319 e. The molecule has 3 aromatic rings. The Morgan fingerprint density at radius 3 is 3.00 bits per heavy atom. The molecule has 1 atom stereocenters. The van der Waals surface area contributed by atoms with Crippen LogP contribution in [0, 0.1) is 11.3 Å². The van der Waals surface area contributed by atoms with Gasteiger partial charge in [0, 0.05) is 11.9 Å². The van der Waals surface area contributed by atoms with E-state index in [-0.39, 0.29) is 12.1 Å². The summed E-state index contributed by atoms with van der Waals surface area (Å²) in [5, 5.41) is 23.1. The third-order valence-corrected chi connectivity index (χ3v) is 4.46. The van der Waals surface area contributed by atoms with E-state index in [2.05, 4.69) is 26.9 Å². The lowest BCUT2D eigenvalue weighted by Gasteiger charge is -2.17. The molecule has 2 amide bonds. The average molecular weight is 366 g/mol. The number of benzene rings is 1. The molecule has 132 valence electrons. The number of nitrogens with one attached hydrogen (secondary N) is 2. The molecule has 0 spiro atoms. The molecular weight excluding hydrogens is 348 g/mol. The first-order valence-corrected chi connectivity index (χ1v) is 9.47. The molecule has 2 aromatic heterocycles. The number of pyridine rings is 1. The van der Waals surface area contributed by atoms with E-state index in [0.717, 1.165) is 17.8 Å². The van der Waals surface area contributed by atoms with Crippen LogP contribution in [-0.4, -0.2) is 32.6 Å². The summed E-state index contributed by atoms with van der Waals surface area (Å²) in [4.78, 5) is 12.4. The first-order chi connectivity index (χ1) is 12.7. The number of carbonyl (C=O) groups is 1. The Hall–Kier alpha value is -3.05. The standard InChI is InChI=1S/C18H18N6OS/c1-26-10-8-15(17-23-22-16-7-2-3-9-24(16)17)21-18(25)20-14-6-4-5-13(11-14)12-19/h2-7,9,11,15H,8,10H2,1H3,(H2,20,21,25). The van der Waals surface area contributed by atoms with Crippen LogP contribution in [0.15, 0.2) is 48.7 Å². The lowest BCUT2D eigenvalue weighted by Crippen LogP contribution is -2.34. The van der Waals surface area contributed by atoms with Crippen LogP contribution < -0.4 is 10.6 Å². The van der Waals surface area contributed by atoms with Crippen LogP contribution in [0.3, 0.4) is 0 Å². The summed E-state index contributed by atoms with van der Waals surface area (Å²) in [6, 6.07) is 13.9. The largest absolute Gasteiger partial charge is 0.328 e. The highest BCUT2D eigenvalue weighted by Crippen LogP contribution is 2.19. The summed E-state index contributed by atoms with van der Waals surface area (Å²) in [6.07, 6.45) is 4.63. The third-order valence-electron chi connectivity index (χ3n) is 3.82. The molecular formula is C18H18N6OS. The highest BCUT2D eigenvalue weighted by atomic mass is 32.2. The summed E-state index contributed by atoms with van der Waals surface area (Å²) in [6.45, 7) is 0. The van der Waals surface area contributed by atoms with Gasteiger partial charge in [0.25, 0.3) is 0 Å². The number of aromatic nitrogens is 3. The monoisotopic (exact) mass is 366 g/mol. The average Bonchev–Trinajstić information content (AvgIpc) is 3.09. The molecule has 7 nitrogen and oxygen atoms in total. The van der Waals surface area contributed by atoms with Gasteiger partial charge in [0.1, 0.15) is 0 Å². The Morgan fingerprint density at radius 2 is 2.19 bits per heavy atom. The van der Waals surface area contributed by atoms with Crippen molar-refractivity contribution in [1.29, 1.82) is 5.26 Å². The molecule has 8 heteroatoms. The van der Waals surface area contributed by atoms with E-state index < -0.39 is 0 Å². The number of thioether (sulfide) groups is 1. The van der Waals surface area contributed by atoms with Gasteiger partial charge in [-0.05, 0) is 48.8 Å². The van der Waals surface area contributed by atoms with Gasteiger partial charge in [-0.2, -0.15) is 17.0 Å². The molecule has 0 bridgehead atoms. The van der Waals surface area contributed by atoms with Gasteiger partial charge in [0.05, 0.1) is 17.7 Å². The number of nitriles is 1. The number of hydrogen-bond donors (Lipinski definition) is 2. The van der Waals surface area contributed by atoms with Crippen LogP contribution in [0.25, 0.3) is 5.65 Å². The molecule has 2 heterocycles. The number of amides is 2. The van der Waals surface area contributed by atoms with E-state index in [0.29, 0.717) is 17.1 Å². The number of hydrogen-bond acceptors (Lipinski definition) is 5. The first-order valence-electron chi connectivity index (χ1n) is 8.07. The molecule has 0 aliphatic heterocycles. The van der Waals surface area contributed by atoms with E-state index in [1.54, 1.807) is 36.0 Å². The van der Waals surface area contributed by atoms with Crippen LogP contribution in [-0.2, 0) is 0 Å². The van der Waals surface area contributed by atoms with E-state index in [4.69, 9.17) is 5.26 Å². The zero-order valence-electron chi connectivity index (χ0n) is 14.2. The smallest absolute Gasteiger partial charge is 0.319 e. The molecule has 1 unspecified atom stereocenters. The van der Waals surface area contributed by atoms with E-state index in [1.807, 2.05) is 35.1 Å². The Kier molecular flexibility index (Phi) is 5.71. The summed E-state index contributed by atoms with van der Waals surface area (Å²) in [5.74, 6) is 1.56. The van der Waals surface area contributed by atoms with E-state index in [9.17, 15) is 4.79 Å². The predicted molar refractivity (Wildman–Crippen MR) is 102 cm³/mol. The van der Waals surface area contributed by atoms with E-state index in [1.165, 1.54) is 0 Å². The van der Waals surface area contributed by atoms with Crippen LogP contribution in [0.2, 0.25) is 0 Å². The Balaban J connectivity index is 1.77. The Labute approximate surface area is 155 Å². The maximum absolute atomic E-state index is 12.4. The summed E-state index contributed by atoms with van der Waals surface area (Å²) in [5.41, 5.74) is 1.79. The van der Waals surface area contributed by atoms with Crippen molar-refractivity contribution < 1.29 is 4.79 Å². The third kappa shape index (κ3) is 4.13. The Bertz CT molecular complexity index is 948. The van der Waals surface area contributed by atoms with Crippen molar-refractivity contribution in [1.82, 2.24) is 19.9 Å². The zero-order chi connectivity index (χ0) is 18.4. The number of nitrogens with zero attached hydrogens (tertiary/aromatic N) is 4. The zero-order valence-corrected chi connectivity index (χ0v) is 15.0. The molecule has 2 N–H and O–H groups in total. The summed E-state index contributed by atoms with van der Waals surface area (Å²) in [7, 11) is 0. The van der Waals surface area contributed by atoms with Gasteiger partial charge >= 0.3 is 6.03 Å². The van der Waals surface area contributed by atoms with Gasteiger partial charge in [-0.1, -0.05) is 12.1 Å². The fourth-order valence-electron chi connectivity index (χ4n) is 2.59. The number of rotatable bonds is 6. The minimum atomic E-state index is -0.348. The lowest BCUT2D eigenvalue weighted by atomic mass is 10.2. The van der Waals surface area contributed by atoms with Gasteiger partial charge in [-0.25, -0.2) is 4.79 Å². The molecule has 26 heavy (non-hydrogen) atoms. The van der Waals surface area contributed by atoms with Gasteiger partial charge in [0.2, 0.25) is 0 Å². The van der Waals surface area contributed by atoms with Crippen LogP contribution in [0.5, 0.6) is 0 Å². The second-order valence-corrected chi connectivity index (χ2v) is 6.60. The van der Waals surface area contributed by atoms with Crippen molar-refractivity contribution in [3.8, 4) is 6.07 Å². The number of carbonyl (C=O) groups excluding carboxylic acids is 1. The normalized spacial score (nSPS) is 11.7. The highest BCUT2D eigenvalue weighted by molar-refractivity contribution is 7.98. The van der Waals surface area contributed by atoms with Crippen LogP contribution >= 0.6 is 11.8 Å². The number of urea groups is 1. The second-order valence-electron chi connectivity index (χ2n) is 5.61. The highest BCUT2D eigenvalue weighted by Gasteiger charge is 2.20. The molecule has 0 saturated carbocycles. The maximum atomic E-state index is 12.4. The Morgan fingerprint density at radius 1 is 1.31 bits per heavy atom. The number of anilines is 1. The molecule has 0 aliphatic rings. The van der Waals surface area contributed by atoms with Crippen molar-refractivity contribution in [2.45, 2.75) is 12.5 Å². The van der Waals surface area contributed by atoms with Gasteiger partial charge < -0.3 is 10.6 Å². The fraction of sp³-hybridized carbons (Fsp3) is 0.222. The molecule has 0 saturated heterocycles. The van der Waals surface area contributed by atoms with Gasteiger partial charge in [-0.3, -0.25) is 4.40 Å². The molecule has 0 radical (unpaired) electrons. The van der Waals surface area contributed by atoms with Crippen molar-refractivity contribution in [2.24, 2.45) is 0 Å². The van der Waals surface area contributed by atoms with Crippen molar-refractivity contribution in [2.75, 3.05) is 17.3 Å². The topological polar surface area (TPSA) is 95.1 Å². The molecule has 0 fully saturated rings. The van der Waals surface area contributed by atoms with Crippen molar-refractivity contribution in [3.63, 3.8) is 0 Å². The quantitative estimate of drug-likeness (QED) is 0.698. The first kappa shape index (κ1) is 17.8. The van der Waals surface area contributed by atoms with Crippen molar-refractivity contribution in [3.05, 3.63) is 60.0 Å². The molecule has 3 rings (SSSR count). The van der Waals surface area contributed by atoms with Crippen molar-refractivity contribution >= 4 is 29.1 Å². The van der Waals surface area contributed by atoms with Crippen LogP contribution in [0.1, 0.15) is 23.9 Å². The minimum Gasteiger partial charge on any atom is -0.328 e. The van der Waals surface area contributed by atoms with E-state index >= 15 is 0 Å². The summed E-state index contributed by atoms with van der Waals surface area (Å²) < 4.78 is 1.88. The molecule has 1 aromatic carbocycles. The summed E-state index contributed by atoms with van der Waals surface area (Å²) >= 11 is 1.70. The molecule has 0 aliphatic carbocycles. The van der Waals surface area contributed by atoms with Gasteiger partial charge in [-0.15, -0.1) is 10.2 Å². The SMILES string of the molecule is CSCCC(NC(=O)Nc1cccc(C#N)c1)c1nnc2ccccn12. The van der Waals surface area contributed by atoms with Crippen LogP contribution in [0.4, 0.5) is 10.5 Å². The second kappa shape index (κ2) is 8.36.